The van der Waals surface area contributed by atoms with Crippen molar-refractivity contribution in [3.63, 3.8) is 0 Å². The van der Waals surface area contributed by atoms with Gasteiger partial charge in [-0.15, -0.1) is 0 Å². The standard InChI is InChI=1S/C30H24F6N2O2/c1-19-8-6-7-11-24(19)25-12-13-37-27(40-18-20-9-4-3-5-10-20)26(25)28(39)38(2)17-21-14-22(29(31,32)33)16-23(15-21)30(34,35)36/h3-16H,17-18H2,1-2H3. The summed E-state index contributed by atoms with van der Waals surface area (Å²) >= 11 is 0. The molecule has 0 bridgehead atoms. The summed E-state index contributed by atoms with van der Waals surface area (Å²) in [7, 11) is 1.30. The molecular formula is C30H24F6N2O2. The van der Waals surface area contributed by atoms with Gasteiger partial charge in [0.2, 0.25) is 5.88 Å². The largest absolute Gasteiger partial charge is 0.472 e. The van der Waals surface area contributed by atoms with Gasteiger partial charge < -0.3 is 9.64 Å². The number of rotatable bonds is 7. The first-order valence-electron chi connectivity index (χ1n) is 12.1. The molecule has 0 aliphatic carbocycles. The first-order chi connectivity index (χ1) is 18.8. The monoisotopic (exact) mass is 558 g/mol. The van der Waals surface area contributed by atoms with Crippen LogP contribution in [-0.4, -0.2) is 22.8 Å². The van der Waals surface area contributed by atoms with E-state index in [4.69, 9.17) is 4.74 Å². The number of hydrogen-bond donors (Lipinski definition) is 0. The van der Waals surface area contributed by atoms with Crippen LogP contribution in [0.25, 0.3) is 11.1 Å². The minimum atomic E-state index is -5.00. The van der Waals surface area contributed by atoms with Crippen molar-refractivity contribution < 1.29 is 35.9 Å². The Bertz CT molecular complexity index is 1470. The van der Waals surface area contributed by atoms with Gasteiger partial charge >= 0.3 is 12.4 Å². The van der Waals surface area contributed by atoms with Crippen LogP contribution < -0.4 is 4.74 Å². The lowest BCUT2D eigenvalue weighted by molar-refractivity contribution is -0.143. The average molecular weight is 559 g/mol. The van der Waals surface area contributed by atoms with Crippen molar-refractivity contribution in [3.05, 3.63) is 118 Å². The third-order valence-corrected chi connectivity index (χ3v) is 6.20. The lowest BCUT2D eigenvalue weighted by atomic mass is 9.96. The van der Waals surface area contributed by atoms with E-state index in [1.807, 2.05) is 49.4 Å². The Hall–Kier alpha value is -4.34. The van der Waals surface area contributed by atoms with E-state index in [2.05, 4.69) is 4.98 Å². The van der Waals surface area contributed by atoms with E-state index in [9.17, 15) is 31.1 Å². The number of carbonyl (C=O) groups excluding carboxylic acids is 1. The first-order valence-corrected chi connectivity index (χ1v) is 12.1. The number of halogens is 6. The smallest absolute Gasteiger partial charge is 0.416 e. The minimum Gasteiger partial charge on any atom is -0.472 e. The highest BCUT2D eigenvalue weighted by molar-refractivity contribution is 6.03. The molecule has 0 fully saturated rings. The quantitative estimate of drug-likeness (QED) is 0.216. The first kappa shape index (κ1) is 28.7. The summed E-state index contributed by atoms with van der Waals surface area (Å²) in [6.07, 6.45) is -8.53. The molecule has 0 aliphatic rings. The number of benzene rings is 3. The second kappa shape index (κ2) is 11.4. The number of ether oxygens (including phenoxy) is 1. The number of pyridine rings is 1. The number of aryl methyl sites for hydroxylation is 1. The highest BCUT2D eigenvalue weighted by Crippen LogP contribution is 2.37. The lowest BCUT2D eigenvalue weighted by Crippen LogP contribution is -2.28. The zero-order valence-corrected chi connectivity index (χ0v) is 21.5. The van der Waals surface area contributed by atoms with Crippen molar-refractivity contribution in [2.45, 2.75) is 32.4 Å². The molecule has 10 heteroatoms. The van der Waals surface area contributed by atoms with Crippen LogP contribution in [0.1, 0.15) is 38.2 Å². The Labute approximate surface area is 226 Å². The molecule has 208 valence electrons. The molecular weight excluding hydrogens is 534 g/mol. The van der Waals surface area contributed by atoms with Crippen molar-refractivity contribution in [2.24, 2.45) is 0 Å². The molecule has 3 aromatic carbocycles. The zero-order valence-electron chi connectivity index (χ0n) is 21.5. The normalized spacial score (nSPS) is 11.8. The van der Waals surface area contributed by atoms with Crippen molar-refractivity contribution in [2.75, 3.05) is 7.05 Å². The summed E-state index contributed by atoms with van der Waals surface area (Å²) in [5.74, 6) is -0.693. The van der Waals surface area contributed by atoms with E-state index in [0.29, 0.717) is 23.3 Å². The van der Waals surface area contributed by atoms with Crippen LogP contribution in [0, 0.1) is 6.92 Å². The topological polar surface area (TPSA) is 42.4 Å². The Morgan fingerprint density at radius 1 is 0.800 bits per heavy atom. The fourth-order valence-corrected chi connectivity index (χ4v) is 4.23. The maximum atomic E-state index is 13.8. The molecule has 4 nitrogen and oxygen atoms in total. The van der Waals surface area contributed by atoms with Gasteiger partial charge in [0.15, 0.2) is 0 Å². The summed E-state index contributed by atoms with van der Waals surface area (Å²) in [5, 5.41) is 0. The molecule has 0 unspecified atom stereocenters. The van der Waals surface area contributed by atoms with Crippen LogP contribution >= 0.6 is 0 Å². The Kier molecular flexibility index (Phi) is 8.18. The fourth-order valence-electron chi connectivity index (χ4n) is 4.23. The second-order valence-corrected chi connectivity index (χ2v) is 9.20. The number of alkyl halides is 6. The maximum absolute atomic E-state index is 13.8. The van der Waals surface area contributed by atoms with Gasteiger partial charge in [0.1, 0.15) is 12.2 Å². The van der Waals surface area contributed by atoms with Crippen molar-refractivity contribution in [3.8, 4) is 17.0 Å². The van der Waals surface area contributed by atoms with Crippen LogP contribution in [0.3, 0.4) is 0 Å². The molecule has 0 saturated carbocycles. The van der Waals surface area contributed by atoms with Gasteiger partial charge in [-0.25, -0.2) is 4.98 Å². The molecule has 0 saturated heterocycles. The van der Waals surface area contributed by atoms with E-state index in [1.54, 1.807) is 18.2 Å². The summed E-state index contributed by atoms with van der Waals surface area (Å²) in [6.45, 7) is 1.41. The molecule has 1 amide bonds. The summed E-state index contributed by atoms with van der Waals surface area (Å²) in [4.78, 5) is 19.1. The molecule has 0 aliphatic heterocycles. The molecule has 0 radical (unpaired) electrons. The molecule has 4 aromatic rings. The summed E-state index contributed by atoms with van der Waals surface area (Å²) in [6, 6.07) is 19.3. The van der Waals surface area contributed by atoms with Crippen LogP contribution in [0.2, 0.25) is 0 Å². The van der Waals surface area contributed by atoms with Gasteiger partial charge in [0.05, 0.1) is 11.1 Å². The van der Waals surface area contributed by atoms with Crippen LogP contribution in [-0.2, 0) is 25.5 Å². The van der Waals surface area contributed by atoms with Crippen molar-refractivity contribution in [1.82, 2.24) is 9.88 Å². The molecule has 1 aromatic heterocycles. The number of aromatic nitrogens is 1. The van der Waals surface area contributed by atoms with Gasteiger partial charge in [0, 0.05) is 25.4 Å². The minimum absolute atomic E-state index is 0.0125. The van der Waals surface area contributed by atoms with Gasteiger partial charge in [-0.3, -0.25) is 4.79 Å². The Balaban J connectivity index is 1.74. The van der Waals surface area contributed by atoms with Gasteiger partial charge in [-0.1, -0.05) is 54.6 Å². The highest BCUT2D eigenvalue weighted by atomic mass is 19.4. The number of nitrogens with zero attached hydrogens (tertiary/aromatic N) is 2. The van der Waals surface area contributed by atoms with Crippen LogP contribution in [0.4, 0.5) is 26.3 Å². The molecule has 4 rings (SSSR count). The predicted molar refractivity (Wildman–Crippen MR) is 137 cm³/mol. The number of hydrogen-bond acceptors (Lipinski definition) is 3. The van der Waals surface area contributed by atoms with E-state index in [1.165, 1.54) is 13.2 Å². The molecule has 1 heterocycles. The number of carbonyl (C=O) groups is 1. The van der Waals surface area contributed by atoms with E-state index in [-0.39, 0.29) is 29.7 Å². The molecule has 0 N–H and O–H groups in total. The second-order valence-electron chi connectivity index (χ2n) is 9.20. The number of amides is 1. The van der Waals surface area contributed by atoms with Gasteiger partial charge in [-0.2, -0.15) is 26.3 Å². The van der Waals surface area contributed by atoms with Crippen molar-refractivity contribution in [1.29, 1.82) is 0 Å². The van der Waals surface area contributed by atoms with E-state index in [0.717, 1.165) is 16.0 Å². The predicted octanol–water partition coefficient (Wildman–Crippen LogP) is 7.95. The molecule has 40 heavy (non-hydrogen) atoms. The van der Waals surface area contributed by atoms with Crippen LogP contribution in [0.5, 0.6) is 5.88 Å². The molecule has 0 atom stereocenters. The third-order valence-electron chi connectivity index (χ3n) is 6.20. The lowest BCUT2D eigenvalue weighted by Gasteiger charge is -2.22. The SMILES string of the molecule is Cc1ccccc1-c1ccnc(OCc2ccccc2)c1C(=O)N(C)Cc1cc(C(F)(F)F)cc(C(F)(F)F)c1. The van der Waals surface area contributed by atoms with E-state index < -0.39 is 35.9 Å². The summed E-state index contributed by atoms with van der Waals surface area (Å²) in [5.41, 5.74) is -0.380. The Morgan fingerprint density at radius 3 is 2.00 bits per heavy atom. The van der Waals surface area contributed by atoms with Gasteiger partial charge in [-0.05, 0) is 53.4 Å². The third kappa shape index (κ3) is 6.62. The zero-order chi connectivity index (χ0) is 29.1. The van der Waals surface area contributed by atoms with E-state index >= 15 is 0 Å². The fraction of sp³-hybridized carbons (Fsp3) is 0.200. The Morgan fingerprint density at radius 2 is 1.40 bits per heavy atom. The van der Waals surface area contributed by atoms with Gasteiger partial charge in [0.25, 0.3) is 5.91 Å². The molecule has 0 spiro atoms. The highest BCUT2D eigenvalue weighted by Gasteiger charge is 2.37. The average Bonchev–Trinajstić information content (AvgIpc) is 2.91. The maximum Gasteiger partial charge on any atom is 0.416 e. The van der Waals surface area contributed by atoms with Crippen LogP contribution in [0.15, 0.2) is 85.1 Å². The van der Waals surface area contributed by atoms with Crippen molar-refractivity contribution >= 4 is 5.91 Å². The summed E-state index contributed by atoms with van der Waals surface area (Å²) < 4.78 is 86.2.